The lowest BCUT2D eigenvalue weighted by molar-refractivity contribution is 0.520. The molecule has 25 heavy (non-hydrogen) atoms. The summed E-state index contributed by atoms with van der Waals surface area (Å²) in [5.74, 6) is 8.74. The predicted octanol–water partition coefficient (Wildman–Crippen LogP) is 3.87. The first kappa shape index (κ1) is 17.0. The highest BCUT2D eigenvalue weighted by Crippen LogP contribution is 2.27. The first-order valence-corrected chi connectivity index (χ1v) is 8.66. The van der Waals surface area contributed by atoms with Crippen molar-refractivity contribution < 1.29 is 4.42 Å². The van der Waals surface area contributed by atoms with Crippen molar-refractivity contribution in [1.82, 2.24) is 19.5 Å². The van der Waals surface area contributed by atoms with E-state index in [4.69, 9.17) is 10.2 Å². The first-order chi connectivity index (χ1) is 12.1. The maximum Gasteiger partial charge on any atom is 0.208 e. The van der Waals surface area contributed by atoms with Crippen molar-refractivity contribution in [2.45, 2.75) is 46.6 Å². The summed E-state index contributed by atoms with van der Waals surface area (Å²) in [6.45, 7) is 7.19. The lowest BCUT2D eigenvalue weighted by Gasteiger charge is -2.09. The Morgan fingerprint density at radius 3 is 2.80 bits per heavy atom. The molecule has 0 unspecified atom stereocenters. The van der Waals surface area contributed by atoms with Gasteiger partial charge in [-0.25, -0.2) is 15.0 Å². The summed E-state index contributed by atoms with van der Waals surface area (Å²) in [6, 6.07) is 3.72. The maximum absolute atomic E-state index is 6.13. The molecule has 0 bridgehead atoms. The Kier molecular flexibility index (Phi) is 5.03. The number of nitrogens with zero attached hydrogens (tertiary/aromatic N) is 4. The molecular formula is C19H23N5O. The predicted molar refractivity (Wildman–Crippen MR) is 98.7 cm³/mol. The lowest BCUT2D eigenvalue weighted by atomic mass is 10.2. The third kappa shape index (κ3) is 3.66. The number of unbranched alkanes of at least 4 members (excludes halogenated alkanes) is 2. The van der Waals surface area contributed by atoms with Crippen LogP contribution in [0.15, 0.2) is 22.8 Å². The quantitative estimate of drug-likeness (QED) is 0.564. The molecular weight excluding hydrogens is 314 g/mol. The van der Waals surface area contributed by atoms with E-state index in [2.05, 4.69) is 47.6 Å². The normalized spacial score (nSPS) is 11.0. The number of nitrogen functional groups attached to an aromatic ring is 1. The molecule has 0 aliphatic rings. The molecule has 3 heterocycles. The molecule has 0 aromatic carbocycles. The summed E-state index contributed by atoms with van der Waals surface area (Å²) >= 11 is 0. The topological polar surface area (TPSA) is 82.8 Å². The Bertz CT molecular complexity index is 913. The highest BCUT2D eigenvalue weighted by atomic mass is 16.3. The summed E-state index contributed by atoms with van der Waals surface area (Å²) in [5.41, 5.74) is 7.42. The number of hydrogen-bond acceptors (Lipinski definition) is 5. The number of fused-ring (bicyclic) bond motifs is 1. The van der Waals surface area contributed by atoms with Crippen molar-refractivity contribution in [3.63, 3.8) is 0 Å². The number of anilines is 1. The SMILES string of the molecule is CCCCC#Cc1nc(N)c2nc(-c3ccco3)n(CC(C)C)c2n1. The van der Waals surface area contributed by atoms with Crippen LogP contribution in [-0.4, -0.2) is 19.5 Å². The van der Waals surface area contributed by atoms with E-state index in [0.717, 1.165) is 25.8 Å². The molecule has 0 fully saturated rings. The van der Waals surface area contributed by atoms with Crippen LogP contribution >= 0.6 is 0 Å². The standard InChI is InChI=1S/C19H23N5O/c1-4-5-6-7-10-15-21-17(20)16-19(22-15)24(12-13(2)3)18(23-16)14-9-8-11-25-14/h8-9,11,13H,4-6,12H2,1-3H3,(H2,20,21,22). The van der Waals surface area contributed by atoms with Crippen LogP contribution in [-0.2, 0) is 6.54 Å². The van der Waals surface area contributed by atoms with E-state index in [1.54, 1.807) is 6.26 Å². The minimum Gasteiger partial charge on any atom is -0.461 e. The van der Waals surface area contributed by atoms with E-state index < -0.39 is 0 Å². The minimum absolute atomic E-state index is 0.347. The van der Waals surface area contributed by atoms with Gasteiger partial charge in [0.1, 0.15) is 0 Å². The average molecular weight is 337 g/mol. The van der Waals surface area contributed by atoms with E-state index in [1.807, 2.05) is 16.7 Å². The van der Waals surface area contributed by atoms with Gasteiger partial charge in [0.05, 0.1) is 6.26 Å². The fraction of sp³-hybridized carbons (Fsp3) is 0.421. The molecule has 0 radical (unpaired) electrons. The van der Waals surface area contributed by atoms with Crippen molar-refractivity contribution in [2.24, 2.45) is 5.92 Å². The molecule has 0 aliphatic carbocycles. The average Bonchev–Trinajstić information content (AvgIpc) is 3.20. The largest absolute Gasteiger partial charge is 0.461 e. The van der Waals surface area contributed by atoms with Crippen LogP contribution < -0.4 is 5.73 Å². The van der Waals surface area contributed by atoms with Gasteiger partial charge >= 0.3 is 0 Å². The number of aromatic nitrogens is 4. The van der Waals surface area contributed by atoms with Gasteiger partial charge in [-0.3, -0.25) is 0 Å². The molecule has 3 rings (SSSR count). The van der Waals surface area contributed by atoms with Crippen LogP contribution in [0.2, 0.25) is 0 Å². The van der Waals surface area contributed by atoms with Crippen LogP contribution in [0.1, 0.15) is 45.9 Å². The van der Waals surface area contributed by atoms with Crippen LogP contribution in [0.3, 0.4) is 0 Å². The van der Waals surface area contributed by atoms with Gasteiger partial charge in [0.15, 0.2) is 28.6 Å². The van der Waals surface area contributed by atoms with E-state index in [-0.39, 0.29) is 0 Å². The van der Waals surface area contributed by atoms with E-state index in [9.17, 15) is 0 Å². The molecule has 2 N–H and O–H groups in total. The van der Waals surface area contributed by atoms with Gasteiger partial charge in [0, 0.05) is 13.0 Å². The zero-order valence-corrected chi connectivity index (χ0v) is 14.9. The van der Waals surface area contributed by atoms with Crippen LogP contribution in [0.25, 0.3) is 22.7 Å². The molecule has 0 atom stereocenters. The highest BCUT2D eigenvalue weighted by molar-refractivity contribution is 5.85. The third-order valence-electron chi connectivity index (χ3n) is 3.77. The van der Waals surface area contributed by atoms with E-state index in [1.165, 1.54) is 0 Å². The molecule has 0 saturated carbocycles. The van der Waals surface area contributed by atoms with E-state index in [0.29, 0.717) is 40.3 Å². The zero-order valence-electron chi connectivity index (χ0n) is 14.9. The van der Waals surface area contributed by atoms with Gasteiger partial charge in [-0.15, -0.1) is 0 Å². The van der Waals surface area contributed by atoms with Gasteiger partial charge in [-0.1, -0.05) is 33.1 Å². The smallest absolute Gasteiger partial charge is 0.208 e. The van der Waals surface area contributed by atoms with Gasteiger partial charge in [-0.05, 0) is 30.4 Å². The van der Waals surface area contributed by atoms with Gasteiger partial charge in [0.2, 0.25) is 5.82 Å². The molecule has 3 aromatic heterocycles. The number of imidazole rings is 1. The molecule has 3 aromatic rings. The molecule has 0 spiro atoms. The van der Waals surface area contributed by atoms with Gasteiger partial charge in [-0.2, -0.15) is 0 Å². The van der Waals surface area contributed by atoms with Gasteiger partial charge < -0.3 is 14.7 Å². The molecule has 130 valence electrons. The van der Waals surface area contributed by atoms with Crippen molar-refractivity contribution in [1.29, 1.82) is 0 Å². The Hall–Kier alpha value is -2.81. The summed E-state index contributed by atoms with van der Waals surface area (Å²) in [7, 11) is 0. The minimum atomic E-state index is 0.347. The van der Waals surface area contributed by atoms with Crippen molar-refractivity contribution in [2.75, 3.05) is 5.73 Å². The molecule has 0 amide bonds. The second-order valence-corrected chi connectivity index (χ2v) is 6.43. The van der Waals surface area contributed by atoms with Gasteiger partial charge in [0.25, 0.3) is 0 Å². The number of hydrogen-bond donors (Lipinski definition) is 1. The fourth-order valence-corrected chi connectivity index (χ4v) is 2.62. The van der Waals surface area contributed by atoms with Crippen LogP contribution in [0, 0.1) is 17.8 Å². The second-order valence-electron chi connectivity index (χ2n) is 6.43. The Morgan fingerprint density at radius 2 is 2.12 bits per heavy atom. The number of rotatable bonds is 5. The Labute approximate surface area is 147 Å². The first-order valence-electron chi connectivity index (χ1n) is 8.66. The molecule has 0 aliphatic heterocycles. The molecule has 6 nitrogen and oxygen atoms in total. The Morgan fingerprint density at radius 1 is 1.28 bits per heavy atom. The van der Waals surface area contributed by atoms with Crippen LogP contribution in [0.5, 0.6) is 0 Å². The van der Waals surface area contributed by atoms with Crippen molar-refractivity contribution in [3.05, 3.63) is 24.2 Å². The lowest BCUT2D eigenvalue weighted by Crippen LogP contribution is -2.08. The monoisotopic (exact) mass is 337 g/mol. The summed E-state index contributed by atoms with van der Waals surface area (Å²) in [4.78, 5) is 13.5. The third-order valence-corrected chi connectivity index (χ3v) is 3.77. The summed E-state index contributed by atoms with van der Waals surface area (Å²) in [5, 5.41) is 0. The van der Waals surface area contributed by atoms with Crippen LogP contribution in [0.4, 0.5) is 5.82 Å². The van der Waals surface area contributed by atoms with Crippen molar-refractivity contribution in [3.8, 4) is 23.4 Å². The number of furan rings is 1. The zero-order chi connectivity index (χ0) is 17.8. The highest BCUT2D eigenvalue weighted by Gasteiger charge is 2.19. The Balaban J connectivity index is 2.12. The number of nitrogens with two attached hydrogens (primary N) is 1. The fourth-order valence-electron chi connectivity index (χ4n) is 2.62. The second kappa shape index (κ2) is 7.39. The summed E-state index contributed by atoms with van der Waals surface area (Å²) in [6.07, 6.45) is 4.65. The molecule has 0 saturated heterocycles. The summed E-state index contributed by atoms with van der Waals surface area (Å²) < 4.78 is 7.57. The maximum atomic E-state index is 6.13. The van der Waals surface area contributed by atoms with Crippen molar-refractivity contribution >= 4 is 17.0 Å². The molecule has 6 heteroatoms. The van der Waals surface area contributed by atoms with E-state index >= 15 is 0 Å².